The number of carbonyl (C=O) groups is 3. The Hall–Kier alpha value is -3.35. The van der Waals surface area contributed by atoms with Gasteiger partial charge in [0.2, 0.25) is 0 Å². The van der Waals surface area contributed by atoms with E-state index in [1.165, 1.54) is 24.3 Å². The van der Waals surface area contributed by atoms with E-state index >= 15 is 0 Å². The number of amides is 2. The number of carboxylic acid groups (broad SMARTS) is 1. The molecule has 0 bridgehead atoms. The van der Waals surface area contributed by atoms with Gasteiger partial charge in [0.1, 0.15) is 5.60 Å². The van der Waals surface area contributed by atoms with Crippen molar-refractivity contribution in [2.45, 2.75) is 33.3 Å². The molecule has 0 saturated carbocycles. The molecule has 0 aliphatic carbocycles. The number of ether oxygens (including phenoxy) is 1. The number of aryl methyl sites for hydroxylation is 1. The molecule has 0 saturated heterocycles. The third kappa shape index (κ3) is 5.57. The Kier molecular flexibility index (Phi) is 5.85. The summed E-state index contributed by atoms with van der Waals surface area (Å²) in [6, 6.07) is 10.8. The Bertz CT molecular complexity index is 867. The number of hydrogen-bond donors (Lipinski definition) is 3. The summed E-state index contributed by atoms with van der Waals surface area (Å²) >= 11 is 0. The topological polar surface area (TPSA) is 105 Å². The molecule has 0 aliphatic heterocycles. The summed E-state index contributed by atoms with van der Waals surface area (Å²) in [6.45, 7) is 7.06. The number of carbonyl (C=O) groups excluding carboxylic acids is 2. The fraction of sp³-hybridized carbons (Fsp3) is 0.250. The Labute approximate surface area is 157 Å². The van der Waals surface area contributed by atoms with E-state index in [1.54, 1.807) is 45.9 Å². The smallest absolute Gasteiger partial charge is 0.412 e. The van der Waals surface area contributed by atoms with Crippen molar-refractivity contribution in [2.24, 2.45) is 0 Å². The van der Waals surface area contributed by atoms with Crippen molar-refractivity contribution in [3.05, 3.63) is 59.2 Å². The molecule has 0 fully saturated rings. The van der Waals surface area contributed by atoms with Crippen LogP contribution in [0, 0.1) is 6.92 Å². The lowest BCUT2D eigenvalue weighted by Gasteiger charge is -2.21. The minimum absolute atomic E-state index is 0.0923. The average Bonchev–Trinajstić information content (AvgIpc) is 2.56. The molecule has 0 spiro atoms. The van der Waals surface area contributed by atoms with Crippen molar-refractivity contribution in [2.75, 3.05) is 10.6 Å². The minimum atomic E-state index is -1.07. The number of para-hydroxylation sites is 1. The third-order valence-corrected chi connectivity index (χ3v) is 3.54. The molecule has 0 radical (unpaired) electrons. The normalized spacial score (nSPS) is 10.8. The minimum Gasteiger partial charge on any atom is -0.478 e. The maximum absolute atomic E-state index is 12.5. The summed E-state index contributed by atoms with van der Waals surface area (Å²) in [7, 11) is 0. The lowest BCUT2D eigenvalue weighted by Crippen LogP contribution is -2.27. The molecular formula is C20H22N2O5. The van der Waals surface area contributed by atoms with Crippen molar-refractivity contribution in [1.82, 2.24) is 0 Å². The number of anilines is 2. The van der Waals surface area contributed by atoms with Crippen LogP contribution in [-0.2, 0) is 4.74 Å². The van der Waals surface area contributed by atoms with Gasteiger partial charge in [-0.3, -0.25) is 10.1 Å². The zero-order chi connectivity index (χ0) is 20.2. The van der Waals surface area contributed by atoms with Gasteiger partial charge in [0, 0.05) is 5.56 Å². The number of nitrogens with one attached hydrogen (secondary N) is 2. The average molecular weight is 370 g/mol. The molecule has 2 aromatic carbocycles. The molecule has 2 aromatic rings. The number of benzene rings is 2. The van der Waals surface area contributed by atoms with Crippen LogP contribution in [0.25, 0.3) is 0 Å². The summed E-state index contributed by atoms with van der Waals surface area (Å²) < 4.78 is 5.24. The zero-order valence-corrected chi connectivity index (χ0v) is 15.6. The first-order chi connectivity index (χ1) is 12.6. The molecule has 0 heterocycles. The van der Waals surface area contributed by atoms with Crippen LogP contribution in [0.4, 0.5) is 16.2 Å². The molecule has 2 amide bonds. The number of carboxylic acids is 1. The highest BCUT2D eigenvalue weighted by atomic mass is 16.6. The highest BCUT2D eigenvalue weighted by molar-refractivity contribution is 6.07. The Balaban J connectivity index is 2.21. The van der Waals surface area contributed by atoms with E-state index in [0.717, 1.165) is 5.56 Å². The summed E-state index contributed by atoms with van der Waals surface area (Å²) in [6.07, 6.45) is -0.630. The molecule has 3 N–H and O–H groups in total. The van der Waals surface area contributed by atoms with Crippen LogP contribution in [0.15, 0.2) is 42.5 Å². The molecule has 0 aromatic heterocycles. The Morgan fingerprint density at radius 1 is 0.926 bits per heavy atom. The zero-order valence-electron chi connectivity index (χ0n) is 15.6. The summed E-state index contributed by atoms with van der Waals surface area (Å²) in [5.41, 5.74) is 1.33. The standard InChI is InChI=1S/C20H22N2O5/c1-12-6-5-7-15(21-19(26)27-20(2,3)4)16(12)22-17(23)13-8-10-14(11-9-13)18(24)25/h5-11H,1-4H3,(H,21,26)(H,22,23)(H,24,25). The molecule has 7 nitrogen and oxygen atoms in total. The molecule has 142 valence electrons. The second-order valence-electron chi connectivity index (χ2n) is 6.96. The summed E-state index contributed by atoms with van der Waals surface area (Å²) in [5, 5.41) is 14.3. The molecule has 2 rings (SSSR count). The fourth-order valence-corrected chi connectivity index (χ4v) is 2.30. The van der Waals surface area contributed by atoms with Gasteiger partial charge < -0.3 is 15.2 Å². The maximum Gasteiger partial charge on any atom is 0.412 e. The monoisotopic (exact) mass is 370 g/mol. The lowest BCUT2D eigenvalue weighted by molar-refractivity contribution is 0.0634. The van der Waals surface area contributed by atoms with Crippen LogP contribution in [0.1, 0.15) is 47.1 Å². The van der Waals surface area contributed by atoms with Crippen LogP contribution in [0.2, 0.25) is 0 Å². The van der Waals surface area contributed by atoms with E-state index in [0.29, 0.717) is 16.9 Å². The Morgan fingerprint density at radius 3 is 2.07 bits per heavy atom. The van der Waals surface area contributed by atoms with E-state index in [-0.39, 0.29) is 5.56 Å². The van der Waals surface area contributed by atoms with Crippen molar-refractivity contribution in [1.29, 1.82) is 0 Å². The van der Waals surface area contributed by atoms with Crippen molar-refractivity contribution >= 4 is 29.3 Å². The van der Waals surface area contributed by atoms with Crippen LogP contribution in [-0.4, -0.2) is 28.7 Å². The van der Waals surface area contributed by atoms with Crippen LogP contribution < -0.4 is 10.6 Å². The molecule has 7 heteroatoms. The van der Waals surface area contributed by atoms with E-state index < -0.39 is 23.6 Å². The molecule has 0 unspecified atom stereocenters. The van der Waals surface area contributed by atoms with Crippen LogP contribution >= 0.6 is 0 Å². The number of aromatic carboxylic acids is 1. The quantitative estimate of drug-likeness (QED) is 0.744. The Morgan fingerprint density at radius 2 is 1.52 bits per heavy atom. The first-order valence-electron chi connectivity index (χ1n) is 8.31. The molecule has 0 aliphatic rings. The number of hydrogen-bond acceptors (Lipinski definition) is 4. The van der Waals surface area contributed by atoms with Crippen LogP contribution in [0.5, 0.6) is 0 Å². The predicted octanol–water partition coefficient (Wildman–Crippen LogP) is 4.29. The third-order valence-electron chi connectivity index (χ3n) is 3.54. The second-order valence-corrected chi connectivity index (χ2v) is 6.96. The van der Waals surface area contributed by atoms with Crippen molar-refractivity contribution in [3.63, 3.8) is 0 Å². The van der Waals surface area contributed by atoms with Gasteiger partial charge in [-0.25, -0.2) is 9.59 Å². The first kappa shape index (κ1) is 20.0. The largest absolute Gasteiger partial charge is 0.478 e. The SMILES string of the molecule is Cc1cccc(NC(=O)OC(C)(C)C)c1NC(=O)c1ccc(C(=O)O)cc1. The van der Waals surface area contributed by atoms with Gasteiger partial charge in [0.25, 0.3) is 5.91 Å². The van der Waals surface area contributed by atoms with Crippen molar-refractivity contribution < 1.29 is 24.2 Å². The second kappa shape index (κ2) is 7.90. The summed E-state index contributed by atoms with van der Waals surface area (Å²) in [5.74, 6) is -1.49. The van der Waals surface area contributed by atoms with Gasteiger partial charge in [0.15, 0.2) is 0 Å². The highest BCUT2D eigenvalue weighted by Gasteiger charge is 2.18. The highest BCUT2D eigenvalue weighted by Crippen LogP contribution is 2.27. The van der Waals surface area contributed by atoms with Gasteiger partial charge in [0.05, 0.1) is 16.9 Å². The lowest BCUT2D eigenvalue weighted by atomic mass is 10.1. The first-order valence-corrected chi connectivity index (χ1v) is 8.31. The molecular weight excluding hydrogens is 348 g/mol. The van der Waals surface area contributed by atoms with Gasteiger partial charge in [-0.15, -0.1) is 0 Å². The van der Waals surface area contributed by atoms with E-state index in [2.05, 4.69) is 10.6 Å². The maximum atomic E-state index is 12.5. The van der Waals surface area contributed by atoms with Gasteiger partial charge >= 0.3 is 12.1 Å². The van der Waals surface area contributed by atoms with E-state index in [9.17, 15) is 14.4 Å². The van der Waals surface area contributed by atoms with Gasteiger partial charge in [-0.1, -0.05) is 12.1 Å². The fourth-order valence-electron chi connectivity index (χ4n) is 2.30. The molecule has 0 atom stereocenters. The van der Waals surface area contributed by atoms with Crippen molar-refractivity contribution in [3.8, 4) is 0 Å². The number of rotatable bonds is 4. The summed E-state index contributed by atoms with van der Waals surface area (Å²) in [4.78, 5) is 35.5. The van der Waals surface area contributed by atoms with Gasteiger partial charge in [-0.2, -0.15) is 0 Å². The van der Waals surface area contributed by atoms with Crippen LogP contribution in [0.3, 0.4) is 0 Å². The molecule has 27 heavy (non-hydrogen) atoms. The van der Waals surface area contributed by atoms with E-state index in [1.807, 2.05) is 0 Å². The van der Waals surface area contributed by atoms with E-state index in [4.69, 9.17) is 9.84 Å². The predicted molar refractivity (Wildman–Crippen MR) is 102 cm³/mol. The van der Waals surface area contributed by atoms with Gasteiger partial charge in [-0.05, 0) is 63.6 Å².